The van der Waals surface area contributed by atoms with Crippen LogP contribution in [0.15, 0.2) is 59.5 Å². The highest BCUT2D eigenvalue weighted by atomic mass is 32.2. The molecule has 0 N–H and O–H groups in total. The molecule has 1 fully saturated rings. The van der Waals surface area contributed by atoms with E-state index in [0.29, 0.717) is 11.3 Å². The van der Waals surface area contributed by atoms with Crippen molar-refractivity contribution < 1.29 is 40.9 Å². The number of hydrogen-bond acceptors (Lipinski definition) is 7. The summed E-state index contributed by atoms with van der Waals surface area (Å²) in [4.78, 5) is 14.3. The third-order valence-electron chi connectivity index (χ3n) is 7.01. The first kappa shape index (κ1) is 31.9. The van der Waals surface area contributed by atoms with E-state index in [9.17, 15) is 22.0 Å². The number of likely N-dealkylation sites (tertiary alicyclic amines) is 1. The lowest BCUT2D eigenvalue weighted by molar-refractivity contribution is 0.0293. The number of para-hydroxylation sites is 1. The van der Waals surface area contributed by atoms with Gasteiger partial charge in [0.05, 0.1) is 38.0 Å². The van der Waals surface area contributed by atoms with E-state index in [0.717, 1.165) is 12.1 Å². The van der Waals surface area contributed by atoms with Crippen LogP contribution in [-0.4, -0.2) is 65.5 Å². The van der Waals surface area contributed by atoms with Crippen LogP contribution in [-0.2, 0) is 21.2 Å². The fourth-order valence-corrected chi connectivity index (χ4v) is 6.77. The Bertz CT molecular complexity index is 1570. The lowest BCUT2D eigenvalue weighted by Gasteiger charge is -2.33. The van der Waals surface area contributed by atoms with Crippen molar-refractivity contribution in [2.75, 3.05) is 38.7 Å². The van der Waals surface area contributed by atoms with Gasteiger partial charge in [-0.05, 0) is 63.1 Å². The smallest absolute Gasteiger partial charge is 0.410 e. The van der Waals surface area contributed by atoms with Crippen molar-refractivity contribution in [3.05, 3.63) is 77.4 Å². The molecule has 0 spiro atoms. The Morgan fingerprint density at radius 1 is 0.930 bits per heavy atom. The van der Waals surface area contributed by atoms with Crippen LogP contribution in [0.5, 0.6) is 17.2 Å². The lowest BCUT2D eigenvalue weighted by Crippen LogP contribution is -2.44. The minimum Gasteiger partial charge on any atom is -0.495 e. The van der Waals surface area contributed by atoms with E-state index in [1.807, 2.05) is 0 Å². The quantitative estimate of drug-likeness (QED) is 0.300. The summed E-state index contributed by atoms with van der Waals surface area (Å²) in [5, 5.41) is 0. The molecule has 0 saturated carbocycles. The monoisotopic (exact) mass is 618 g/mol. The van der Waals surface area contributed by atoms with E-state index in [1.165, 1.54) is 54.8 Å². The molecule has 3 aromatic rings. The van der Waals surface area contributed by atoms with Crippen LogP contribution < -0.4 is 18.5 Å². The molecule has 9 nitrogen and oxygen atoms in total. The number of ether oxygens (including phenoxy) is 4. The molecule has 1 atom stereocenters. The van der Waals surface area contributed by atoms with Crippen molar-refractivity contribution in [3.8, 4) is 17.2 Å². The first-order valence-corrected chi connectivity index (χ1v) is 15.1. The average molecular weight is 619 g/mol. The molecule has 232 valence electrons. The average Bonchev–Trinajstić information content (AvgIpc) is 3.44. The van der Waals surface area contributed by atoms with E-state index < -0.39 is 39.4 Å². The molecular weight excluding hydrogens is 582 g/mol. The van der Waals surface area contributed by atoms with E-state index in [4.69, 9.17) is 18.9 Å². The Kier molecular flexibility index (Phi) is 9.38. The van der Waals surface area contributed by atoms with E-state index in [-0.39, 0.29) is 53.6 Å². The molecule has 0 bridgehead atoms. The van der Waals surface area contributed by atoms with Gasteiger partial charge in [0, 0.05) is 31.1 Å². The SMILES string of the molecule is COc1ccc(S(=O)(=O)N(c2c(Cc3c(F)cccc3F)cccc2OC)[C@H]2CCN(C(=O)OC(C)(C)C)C2)cc1OC. The molecule has 43 heavy (non-hydrogen) atoms. The Labute approximate surface area is 251 Å². The van der Waals surface area contributed by atoms with Crippen molar-refractivity contribution in [2.24, 2.45) is 0 Å². The fraction of sp³-hybridized carbons (Fsp3) is 0.387. The van der Waals surface area contributed by atoms with E-state index in [1.54, 1.807) is 39.0 Å². The van der Waals surface area contributed by atoms with Crippen LogP contribution >= 0.6 is 0 Å². The third kappa shape index (κ3) is 6.79. The summed E-state index contributed by atoms with van der Waals surface area (Å²) >= 11 is 0. The second-order valence-electron chi connectivity index (χ2n) is 11.0. The van der Waals surface area contributed by atoms with Crippen LogP contribution in [0, 0.1) is 11.6 Å². The Hall–Kier alpha value is -4.06. The van der Waals surface area contributed by atoms with Crippen molar-refractivity contribution in [3.63, 3.8) is 0 Å². The van der Waals surface area contributed by atoms with Gasteiger partial charge in [-0.15, -0.1) is 0 Å². The van der Waals surface area contributed by atoms with Gasteiger partial charge in [0.25, 0.3) is 10.0 Å². The number of halogens is 2. The Morgan fingerprint density at radius 2 is 1.56 bits per heavy atom. The minimum absolute atomic E-state index is 0.00693. The summed E-state index contributed by atoms with van der Waals surface area (Å²) in [6.45, 7) is 5.47. The summed E-state index contributed by atoms with van der Waals surface area (Å²) < 4.78 is 81.8. The van der Waals surface area contributed by atoms with Crippen molar-refractivity contribution in [1.29, 1.82) is 0 Å². The van der Waals surface area contributed by atoms with Gasteiger partial charge < -0.3 is 23.8 Å². The zero-order chi connectivity index (χ0) is 31.5. The summed E-state index contributed by atoms with van der Waals surface area (Å²) in [6.07, 6.45) is -0.574. The molecule has 1 amide bonds. The van der Waals surface area contributed by atoms with Gasteiger partial charge in [0.2, 0.25) is 0 Å². The Morgan fingerprint density at radius 3 is 2.16 bits per heavy atom. The van der Waals surface area contributed by atoms with Gasteiger partial charge in [-0.25, -0.2) is 22.0 Å². The summed E-state index contributed by atoms with van der Waals surface area (Å²) in [6, 6.07) is 11.8. The highest BCUT2D eigenvalue weighted by Gasteiger charge is 2.41. The number of carbonyl (C=O) groups excluding carboxylic acids is 1. The molecule has 1 aliphatic heterocycles. The number of nitrogens with zero attached hydrogens (tertiary/aromatic N) is 2. The standard InChI is InChI=1S/C31H36F2N2O7S/c1-31(2,3)42-30(36)34-16-15-21(19-34)35(43(37,38)22-13-14-26(39-4)28(18-22)41-6)29-20(9-7-12-27(29)40-5)17-23-24(32)10-8-11-25(23)33/h7-14,18,21H,15-17,19H2,1-6H3/t21-/m0/s1. The maximum Gasteiger partial charge on any atom is 0.410 e. The molecule has 0 aromatic heterocycles. The van der Waals surface area contributed by atoms with Crippen LogP contribution in [0.1, 0.15) is 38.3 Å². The molecule has 1 aliphatic rings. The van der Waals surface area contributed by atoms with E-state index >= 15 is 0 Å². The second kappa shape index (κ2) is 12.7. The number of methoxy groups -OCH3 is 3. The molecule has 12 heteroatoms. The zero-order valence-electron chi connectivity index (χ0n) is 25.0. The molecule has 4 rings (SSSR count). The maximum atomic E-state index is 14.8. The molecule has 1 saturated heterocycles. The highest BCUT2D eigenvalue weighted by Crippen LogP contribution is 2.42. The summed E-state index contributed by atoms with van der Waals surface area (Å²) in [7, 11) is -0.184. The van der Waals surface area contributed by atoms with Crippen LogP contribution in [0.2, 0.25) is 0 Å². The van der Waals surface area contributed by atoms with Crippen LogP contribution in [0.3, 0.4) is 0 Å². The first-order chi connectivity index (χ1) is 20.3. The molecular formula is C31H36F2N2O7S. The van der Waals surface area contributed by atoms with Gasteiger partial charge in [-0.3, -0.25) is 4.31 Å². The molecule has 3 aromatic carbocycles. The van der Waals surface area contributed by atoms with E-state index in [2.05, 4.69) is 0 Å². The number of carbonyl (C=O) groups is 1. The van der Waals surface area contributed by atoms with Crippen molar-refractivity contribution >= 4 is 21.8 Å². The van der Waals surface area contributed by atoms with Crippen molar-refractivity contribution in [2.45, 2.75) is 50.2 Å². The predicted octanol–water partition coefficient (Wildman–Crippen LogP) is 5.79. The topological polar surface area (TPSA) is 94.6 Å². The predicted molar refractivity (Wildman–Crippen MR) is 158 cm³/mol. The summed E-state index contributed by atoms with van der Waals surface area (Å²) in [5.41, 5.74) is -0.552. The zero-order valence-corrected chi connectivity index (χ0v) is 25.8. The Balaban J connectivity index is 1.89. The fourth-order valence-electron chi connectivity index (χ4n) is 5.03. The lowest BCUT2D eigenvalue weighted by atomic mass is 10.0. The van der Waals surface area contributed by atoms with Crippen molar-refractivity contribution in [1.82, 2.24) is 4.90 Å². The first-order valence-electron chi connectivity index (χ1n) is 13.6. The highest BCUT2D eigenvalue weighted by molar-refractivity contribution is 7.92. The molecule has 0 aliphatic carbocycles. The van der Waals surface area contributed by atoms with Crippen LogP contribution in [0.25, 0.3) is 0 Å². The normalized spacial score (nSPS) is 15.3. The number of sulfonamides is 1. The number of hydrogen-bond donors (Lipinski definition) is 0. The number of benzene rings is 3. The number of anilines is 1. The summed E-state index contributed by atoms with van der Waals surface area (Å²) in [5.74, 6) is -0.828. The van der Waals surface area contributed by atoms with Gasteiger partial charge in [0.15, 0.2) is 11.5 Å². The van der Waals surface area contributed by atoms with Gasteiger partial charge in [-0.2, -0.15) is 0 Å². The number of rotatable bonds is 9. The molecule has 1 heterocycles. The molecule has 0 unspecified atom stereocenters. The minimum atomic E-state index is -4.40. The number of amides is 1. The second-order valence-corrected chi connectivity index (χ2v) is 12.8. The van der Waals surface area contributed by atoms with Gasteiger partial charge in [0.1, 0.15) is 23.0 Å². The molecule has 0 radical (unpaired) electrons. The van der Waals surface area contributed by atoms with Gasteiger partial charge >= 0.3 is 6.09 Å². The van der Waals surface area contributed by atoms with Gasteiger partial charge in [-0.1, -0.05) is 18.2 Å². The maximum absolute atomic E-state index is 14.8. The third-order valence-corrected chi connectivity index (χ3v) is 8.86. The van der Waals surface area contributed by atoms with Crippen LogP contribution in [0.4, 0.5) is 19.3 Å². The largest absolute Gasteiger partial charge is 0.495 e.